The van der Waals surface area contributed by atoms with Crippen LogP contribution in [-0.4, -0.2) is 37.4 Å². The molecule has 0 heterocycles. The standard InChI is InChI=1S/C19H22BrNO4/c1-13(18(22)14-6-8-16(20)9-7-14)21-19(23)15-4-3-5-17(12-15)25-11-10-24-2/h3-9,12-13,18,22H,10-11H2,1-2H3,(H,21,23)/t13-,18+/m0/s1. The molecule has 0 spiro atoms. The van der Waals surface area contributed by atoms with Gasteiger partial charge in [-0.2, -0.15) is 0 Å². The van der Waals surface area contributed by atoms with Crippen molar-refractivity contribution < 1.29 is 19.4 Å². The molecule has 2 rings (SSSR count). The van der Waals surface area contributed by atoms with Crippen LogP contribution in [0.1, 0.15) is 28.9 Å². The average Bonchev–Trinajstić information content (AvgIpc) is 2.62. The van der Waals surface area contributed by atoms with Crippen LogP contribution in [0, 0.1) is 0 Å². The molecule has 2 atom stereocenters. The van der Waals surface area contributed by atoms with Crippen LogP contribution in [0.5, 0.6) is 5.75 Å². The second-order valence-corrected chi connectivity index (χ2v) is 6.54. The quantitative estimate of drug-likeness (QED) is 0.658. The molecule has 0 unspecified atom stereocenters. The molecule has 2 N–H and O–H groups in total. The van der Waals surface area contributed by atoms with E-state index in [9.17, 15) is 9.90 Å². The Balaban J connectivity index is 1.98. The summed E-state index contributed by atoms with van der Waals surface area (Å²) in [6.45, 7) is 2.66. The van der Waals surface area contributed by atoms with Crippen molar-refractivity contribution in [2.24, 2.45) is 0 Å². The zero-order valence-corrected chi connectivity index (χ0v) is 15.8. The number of aliphatic hydroxyl groups is 1. The molecule has 0 saturated heterocycles. The molecule has 5 nitrogen and oxygen atoms in total. The largest absolute Gasteiger partial charge is 0.491 e. The van der Waals surface area contributed by atoms with Crippen LogP contribution in [-0.2, 0) is 4.74 Å². The first-order valence-corrected chi connectivity index (χ1v) is 8.76. The maximum absolute atomic E-state index is 12.4. The Labute approximate surface area is 156 Å². The first-order chi connectivity index (χ1) is 12.0. The minimum atomic E-state index is -0.793. The summed E-state index contributed by atoms with van der Waals surface area (Å²) in [6.07, 6.45) is -0.793. The lowest BCUT2D eigenvalue weighted by Gasteiger charge is -2.21. The maximum atomic E-state index is 12.4. The Morgan fingerprint density at radius 2 is 1.92 bits per heavy atom. The van der Waals surface area contributed by atoms with E-state index in [1.165, 1.54) is 0 Å². The van der Waals surface area contributed by atoms with Gasteiger partial charge in [-0.05, 0) is 42.8 Å². The number of carbonyl (C=O) groups excluding carboxylic acids is 1. The van der Waals surface area contributed by atoms with E-state index in [0.717, 1.165) is 10.0 Å². The molecule has 134 valence electrons. The van der Waals surface area contributed by atoms with E-state index in [4.69, 9.17) is 9.47 Å². The van der Waals surface area contributed by atoms with Gasteiger partial charge >= 0.3 is 0 Å². The predicted octanol–water partition coefficient (Wildman–Crippen LogP) is 3.33. The van der Waals surface area contributed by atoms with Gasteiger partial charge in [-0.15, -0.1) is 0 Å². The Morgan fingerprint density at radius 1 is 1.20 bits per heavy atom. The maximum Gasteiger partial charge on any atom is 0.251 e. The van der Waals surface area contributed by atoms with Gasteiger partial charge in [-0.25, -0.2) is 0 Å². The minimum Gasteiger partial charge on any atom is -0.491 e. The number of rotatable bonds is 8. The van der Waals surface area contributed by atoms with Gasteiger partial charge in [0.15, 0.2) is 0 Å². The fraction of sp³-hybridized carbons (Fsp3) is 0.316. The SMILES string of the molecule is COCCOc1cccc(C(=O)N[C@@H](C)[C@@H](O)c2ccc(Br)cc2)c1. The monoisotopic (exact) mass is 407 g/mol. The first-order valence-electron chi connectivity index (χ1n) is 7.97. The number of hydrogen-bond donors (Lipinski definition) is 2. The van der Waals surface area contributed by atoms with Crippen molar-refractivity contribution in [1.82, 2.24) is 5.32 Å². The lowest BCUT2D eigenvalue weighted by molar-refractivity contribution is 0.0851. The van der Waals surface area contributed by atoms with Crippen molar-refractivity contribution in [2.45, 2.75) is 19.1 Å². The Hall–Kier alpha value is -1.89. The topological polar surface area (TPSA) is 67.8 Å². The molecule has 0 aliphatic heterocycles. The second kappa shape index (κ2) is 9.56. The molecule has 0 aliphatic rings. The van der Waals surface area contributed by atoms with E-state index in [2.05, 4.69) is 21.2 Å². The molecule has 0 bridgehead atoms. The van der Waals surface area contributed by atoms with Crippen molar-refractivity contribution in [2.75, 3.05) is 20.3 Å². The van der Waals surface area contributed by atoms with Crippen LogP contribution in [0.3, 0.4) is 0 Å². The Kier molecular flexibility index (Phi) is 7.43. The number of aliphatic hydroxyl groups excluding tert-OH is 1. The van der Waals surface area contributed by atoms with E-state index in [-0.39, 0.29) is 5.91 Å². The summed E-state index contributed by atoms with van der Waals surface area (Å²) in [7, 11) is 1.60. The molecule has 1 amide bonds. The molecule has 2 aromatic carbocycles. The van der Waals surface area contributed by atoms with Crippen LogP contribution in [0.15, 0.2) is 53.0 Å². The Bertz CT molecular complexity index is 690. The lowest BCUT2D eigenvalue weighted by Crippen LogP contribution is -2.37. The fourth-order valence-electron chi connectivity index (χ4n) is 2.29. The number of methoxy groups -OCH3 is 1. The van der Waals surface area contributed by atoms with Crippen molar-refractivity contribution in [3.8, 4) is 5.75 Å². The molecular formula is C19H22BrNO4. The van der Waals surface area contributed by atoms with Crippen molar-refractivity contribution in [3.05, 3.63) is 64.1 Å². The van der Waals surface area contributed by atoms with Crippen molar-refractivity contribution >= 4 is 21.8 Å². The molecule has 0 aromatic heterocycles. The van der Waals surface area contributed by atoms with Crippen LogP contribution >= 0.6 is 15.9 Å². The summed E-state index contributed by atoms with van der Waals surface area (Å²) in [4.78, 5) is 12.4. The van der Waals surface area contributed by atoms with Crippen LogP contribution in [0.2, 0.25) is 0 Å². The summed E-state index contributed by atoms with van der Waals surface area (Å²) < 4.78 is 11.4. The molecule has 0 saturated carbocycles. The third-order valence-corrected chi connectivity index (χ3v) is 4.22. The molecule has 0 radical (unpaired) electrons. The number of ether oxygens (including phenoxy) is 2. The first kappa shape index (κ1) is 19.4. The molecule has 25 heavy (non-hydrogen) atoms. The predicted molar refractivity (Wildman–Crippen MR) is 99.8 cm³/mol. The summed E-state index contributed by atoms with van der Waals surface area (Å²) in [5, 5.41) is 13.2. The average molecular weight is 408 g/mol. The number of halogens is 1. The van der Waals surface area contributed by atoms with Gasteiger partial charge < -0.3 is 19.9 Å². The van der Waals surface area contributed by atoms with Gasteiger partial charge in [0, 0.05) is 17.1 Å². The number of amides is 1. The summed E-state index contributed by atoms with van der Waals surface area (Å²) in [5.41, 5.74) is 1.22. The summed E-state index contributed by atoms with van der Waals surface area (Å²) in [5.74, 6) is 0.340. The lowest BCUT2D eigenvalue weighted by atomic mass is 10.0. The van der Waals surface area contributed by atoms with Crippen LogP contribution in [0.25, 0.3) is 0 Å². The van der Waals surface area contributed by atoms with Crippen LogP contribution in [0.4, 0.5) is 0 Å². The minimum absolute atomic E-state index is 0.263. The van der Waals surface area contributed by atoms with Crippen molar-refractivity contribution in [1.29, 1.82) is 0 Å². The van der Waals surface area contributed by atoms with E-state index < -0.39 is 12.1 Å². The number of carbonyl (C=O) groups is 1. The molecule has 6 heteroatoms. The van der Waals surface area contributed by atoms with E-state index in [1.807, 2.05) is 24.3 Å². The van der Waals surface area contributed by atoms with Gasteiger partial charge in [-0.1, -0.05) is 34.1 Å². The highest BCUT2D eigenvalue weighted by molar-refractivity contribution is 9.10. The second-order valence-electron chi connectivity index (χ2n) is 5.63. The smallest absolute Gasteiger partial charge is 0.251 e. The molecule has 0 aliphatic carbocycles. The van der Waals surface area contributed by atoms with Gasteiger partial charge in [0.25, 0.3) is 5.91 Å². The highest BCUT2D eigenvalue weighted by Gasteiger charge is 2.19. The number of hydrogen-bond acceptors (Lipinski definition) is 4. The highest BCUT2D eigenvalue weighted by atomic mass is 79.9. The fourth-order valence-corrected chi connectivity index (χ4v) is 2.55. The number of benzene rings is 2. The molecule has 0 fully saturated rings. The third-order valence-electron chi connectivity index (χ3n) is 3.70. The van der Waals surface area contributed by atoms with Gasteiger partial charge in [0.05, 0.1) is 18.8 Å². The van der Waals surface area contributed by atoms with Crippen LogP contribution < -0.4 is 10.1 Å². The van der Waals surface area contributed by atoms with Gasteiger partial charge in [-0.3, -0.25) is 4.79 Å². The molecule has 2 aromatic rings. The highest BCUT2D eigenvalue weighted by Crippen LogP contribution is 2.20. The molecular weight excluding hydrogens is 386 g/mol. The third kappa shape index (κ3) is 5.85. The van der Waals surface area contributed by atoms with E-state index in [0.29, 0.717) is 24.5 Å². The zero-order chi connectivity index (χ0) is 18.2. The summed E-state index contributed by atoms with van der Waals surface area (Å²) in [6, 6.07) is 13.8. The van der Waals surface area contributed by atoms with Gasteiger partial charge in [0.1, 0.15) is 12.4 Å². The zero-order valence-electron chi connectivity index (χ0n) is 14.2. The Morgan fingerprint density at radius 3 is 2.60 bits per heavy atom. The normalized spacial score (nSPS) is 13.1. The number of nitrogens with one attached hydrogen (secondary N) is 1. The van der Waals surface area contributed by atoms with Gasteiger partial charge in [0.2, 0.25) is 0 Å². The van der Waals surface area contributed by atoms with E-state index >= 15 is 0 Å². The van der Waals surface area contributed by atoms with Crippen molar-refractivity contribution in [3.63, 3.8) is 0 Å². The summed E-state index contributed by atoms with van der Waals surface area (Å²) >= 11 is 3.36. The van der Waals surface area contributed by atoms with E-state index in [1.54, 1.807) is 38.3 Å².